The van der Waals surface area contributed by atoms with E-state index in [1.807, 2.05) is 11.5 Å². The van der Waals surface area contributed by atoms with Crippen LogP contribution in [0.5, 0.6) is 0 Å². The number of thioether (sulfide) groups is 1. The van der Waals surface area contributed by atoms with Gasteiger partial charge in [0, 0.05) is 12.1 Å². The predicted octanol–water partition coefficient (Wildman–Crippen LogP) is 4.60. The fourth-order valence-corrected chi connectivity index (χ4v) is 3.90. The molecule has 1 aromatic carbocycles. The number of benzene rings is 1. The first kappa shape index (κ1) is 19.9. The molecule has 7 heteroatoms. The van der Waals surface area contributed by atoms with E-state index in [1.165, 1.54) is 30.7 Å². The summed E-state index contributed by atoms with van der Waals surface area (Å²) >= 11 is 1.37. The Morgan fingerprint density at radius 1 is 1.33 bits per heavy atom. The van der Waals surface area contributed by atoms with Crippen LogP contribution >= 0.6 is 11.8 Å². The van der Waals surface area contributed by atoms with E-state index in [9.17, 15) is 9.18 Å². The fourth-order valence-electron chi connectivity index (χ4n) is 3.08. The molecule has 1 atom stereocenters. The number of aromatic nitrogens is 3. The van der Waals surface area contributed by atoms with Crippen molar-refractivity contribution in [2.24, 2.45) is 0 Å². The number of rotatable bonds is 10. The van der Waals surface area contributed by atoms with E-state index in [0.29, 0.717) is 28.3 Å². The van der Waals surface area contributed by atoms with Gasteiger partial charge in [0.2, 0.25) is 5.91 Å². The molecule has 1 saturated carbocycles. The highest BCUT2D eigenvalue weighted by atomic mass is 32.2. The number of halogens is 1. The van der Waals surface area contributed by atoms with E-state index in [2.05, 4.69) is 22.4 Å². The molecule has 2 aromatic rings. The Morgan fingerprint density at radius 2 is 2.11 bits per heavy atom. The van der Waals surface area contributed by atoms with Gasteiger partial charge in [-0.25, -0.2) is 4.39 Å². The van der Waals surface area contributed by atoms with Gasteiger partial charge in [0.15, 0.2) is 11.0 Å². The first-order valence-corrected chi connectivity index (χ1v) is 10.7. The SMILES string of the molecule is CCCCCC(C)NC(=O)CSc1nnc(-c2ccccc2F)n1C1CC1. The summed E-state index contributed by atoms with van der Waals surface area (Å²) in [4.78, 5) is 12.2. The van der Waals surface area contributed by atoms with Crippen LogP contribution in [0.25, 0.3) is 11.4 Å². The van der Waals surface area contributed by atoms with E-state index in [4.69, 9.17) is 0 Å². The molecule has 1 N–H and O–H groups in total. The van der Waals surface area contributed by atoms with Crippen molar-refractivity contribution in [3.05, 3.63) is 30.1 Å². The number of carbonyl (C=O) groups excluding carboxylic acids is 1. The molecule has 1 aliphatic carbocycles. The van der Waals surface area contributed by atoms with Crippen molar-refractivity contribution >= 4 is 17.7 Å². The maximum absolute atomic E-state index is 14.2. The second-order valence-electron chi connectivity index (χ2n) is 7.14. The molecule has 27 heavy (non-hydrogen) atoms. The van der Waals surface area contributed by atoms with E-state index in [-0.39, 0.29) is 17.8 Å². The minimum atomic E-state index is -0.304. The van der Waals surface area contributed by atoms with Crippen LogP contribution in [0, 0.1) is 5.82 Å². The summed E-state index contributed by atoms with van der Waals surface area (Å²) < 4.78 is 16.2. The Hall–Kier alpha value is -1.89. The number of hydrogen-bond acceptors (Lipinski definition) is 4. The Bertz CT molecular complexity index is 775. The molecule has 0 aliphatic heterocycles. The molecule has 1 fully saturated rings. The number of amides is 1. The van der Waals surface area contributed by atoms with Crippen LogP contribution in [0.2, 0.25) is 0 Å². The highest BCUT2D eigenvalue weighted by Gasteiger charge is 2.31. The average molecular weight is 391 g/mol. The zero-order valence-electron chi connectivity index (χ0n) is 15.9. The largest absolute Gasteiger partial charge is 0.353 e. The van der Waals surface area contributed by atoms with Crippen LogP contribution in [0.15, 0.2) is 29.4 Å². The van der Waals surface area contributed by atoms with Gasteiger partial charge in [0.25, 0.3) is 0 Å². The first-order chi connectivity index (χ1) is 13.1. The number of unbranched alkanes of at least 4 members (excludes halogenated alkanes) is 2. The van der Waals surface area contributed by atoms with Crippen molar-refractivity contribution in [2.75, 3.05) is 5.75 Å². The molecular weight excluding hydrogens is 363 g/mol. The maximum Gasteiger partial charge on any atom is 0.230 e. The van der Waals surface area contributed by atoms with Gasteiger partial charge >= 0.3 is 0 Å². The van der Waals surface area contributed by atoms with Gasteiger partial charge in [-0.05, 0) is 38.3 Å². The third-order valence-corrected chi connectivity index (χ3v) is 5.61. The maximum atomic E-state index is 14.2. The second-order valence-corrected chi connectivity index (χ2v) is 8.08. The number of nitrogens with one attached hydrogen (secondary N) is 1. The Balaban J connectivity index is 1.63. The van der Waals surface area contributed by atoms with Crippen molar-refractivity contribution in [3.63, 3.8) is 0 Å². The van der Waals surface area contributed by atoms with E-state index < -0.39 is 0 Å². The molecule has 0 radical (unpaired) electrons. The molecular formula is C20H27FN4OS. The molecule has 1 aromatic heterocycles. The summed E-state index contributed by atoms with van der Waals surface area (Å²) in [6, 6.07) is 7.09. The summed E-state index contributed by atoms with van der Waals surface area (Å²) in [5.74, 6) is 0.537. The van der Waals surface area contributed by atoms with Crippen LogP contribution in [-0.4, -0.2) is 32.5 Å². The standard InChI is InChI=1S/C20H27FN4OS/c1-3-4-5-8-14(2)22-18(26)13-27-20-24-23-19(25(20)15-11-12-15)16-9-6-7-10-17(16)21/h6-7,9-10,14-15H,3-5,8,11-13H2,1-2H3,(H,22,26). The lowest BCUT2D eigenvalue weighted by atomic mass is 10.1. The van der Waals surface area contributed by atoms with Crippen LogP contribution in [-0.2, 0) is 4.79 Å². The molecule has 0 spiro atoms. The third kappa shape index (κ3) is 5.31. The van der Waals surface area contributed by atoms with Gasteiger partial charge in [-0.1, -0.05) is 50.1 Å². The van der Waals surface area contributed by atoms with Crippen LogP contribution < -0.4 is 5.32 Å². The van der Waals surface area contributed by atoms with Crippen LogP contribution in [0.1, 0.15) is 58.4 Å². The lowest BCUT2D eigenvalue weighted by Crippen LogP contribution is -2.33. The number of carbonyl (C=O) groups is 1. The number of hydrogen-bond donors (Lipinski definition) is 1. The molecule has 5 nitrogen and oxygen atoms in total. The average Bonchev–Trinajstić information content (AvgIpc) is 3.40. The van der Waals surface area contributed by atoms with Crippen LogP contribution in [0.4, 0.5) is 4.39 Å². The van der Waals surface area contributed by atoms with Gasteiger partial charge in [-0.3, -0.25) is 9.36 Å². The molecule has 0 bridgehead atoms. The smallest absolute Gasteiger partial charge is 0.230 e. The highest BCUT2D eigenvalue weighted by molar-refractivity contribution is 7.99. The van der Waals surface area contributed by atoms with Gasteiger partial charge < -0.3 is 5.32 Å². The molecule has 1 unspecified atom stereocenters. The first-order valence-electron chi connectivity index (χ1n) is 9.72. The van der Waals surface area contributed by atoms with Crippen molar-refractivity contribution in [2.45, 2.75) is 69.6 Å². The van der Waals surface area contributed by atoms with Gasteiger partial charge in [-0.2, -0.15) is 0 Å². The van der Waals surface area contributed by atoms with Gasteiger partial charge in [-0.15, -0.1) is 10.2 Å². The zero-order valence-corrected chi connectivity index (χ0v) is 16.8. The van der Waals surface area contributed by atoms with Gasteiger partial charge in [0.1, 0.15) is 5.82 Å². The van der Waals surface area contributed by atoms with Crippen molar-refractivity contribution < 1.29 is 9.18 Å². The van der Waals surface area contributed by atoms with Crippen molar-refractivity contribution in [1.82, 2.24) is 20.1 Å². The normalized spacial score (nSPS) is 14.9. The van der Waals surface area contributed by atoms with E-state index >= 15 is 0 Å². The summed E-state index contributed by atoms with van der Waals surface area (Å²) in [5.41, 5.74) is 0.456. The van der Waals surface area contributed by atoms with Gasteiger partial charge in [0.05, 0.1) is 11.3 Å². The molecule has 146 valence electrons. The summed E-state index contributed by atoms with van der Waals surface area (Å²) in [6.07, 6.45) is 6.57. The monoisotopic (exact) mass is 390 g/mol. The lowest BCUT2D eigenvalue weighted by molar-refractivity contribution is -0.119. The second kappa shape index (κ2) is 9.35. The molecule has 3 rings (SSSR count). The molecule has 1 heterocycles. The zero-order chi connectivity index (χ0) is 19.2. The van der Waals surface area contributed by atoms with E-state index in [1.54, 1.807) is 18.2 Å². The Morgan fingerprint density at radius 3 is 2.81 bits per heavy atom. The quantitative estimate of drug-likeness (QED) is 0.476. The molecule has 1 aliphatic rings. The Kier molecular flexibility index (Phi) is 6.88. The van der Waals surface area contributed by atoms with Crippen molar-refractivity contribution in [1.29, 1.82) is 0 Å². The topological polar surface area (TPSA) is 59.8 Å². The minimum absolute atomic E-state index is 0.00165. The Labute approximate surface area is 164 Å². The van der Waals surface area contributed by atoms with Crippen molar-refractivity contribution in [3.8, 4) is 11.4 Å². The lowest BCUT2D eigenvalue weighted by Gasteiger charge is -2.13. The fraction of sp³-hybridized carbons (Fsp3) is 0.550. The summed E-state index contributed by atoms with van der Waals surface area (Å²) in [7, 11) is 0. The third-order valence-electron chi connectivity index (χ3n) is 4.67. The molecule has 0 saturated heterocycles. The molecule has 1 amide bonds. The number of nitrogens with zero attached hydrogens (tertiary/aromatic N) is 3. The predicted molar refractivity (Wildman–Crippen MR) is 106 cm³/mol. The summed E-state index contributed by atoms with van der Waals surface area (Å²) in [5, 5.41) is 12.2. The van der Waals surface area contributed by atoms with Crippen LogP contribution in [0.3, 0.4) is 0 Å². The summed E-state index contributed by atoms with van der Waals surface area (Å²) in [6.45, 7) is 4.21. The minimum Gasteiger partial charge on any atom is -0.353 e. The highest BCUT2D eigenvalue weighted by Crippen LogP contribution is 2.41. The van der Waals surface area contributed by atoms with E-state index in [0.717, 1.165) is 25.7 Å².